The van der Waals surface area contributed by atoms with Crippen molar-refractivity contribution in [3.8, 4) is 0 Å². The highest BCUT2D eigenvalue weighted by atomic mass is 35.5. The van der Waals surface area contributed by atoms with E-state index in [1.165, 1.54) is 18.5 Å². The summed E-state index contributed by atoms with van der Waals surface area (Å²) in [5.41, 5.74) is -1.83. The highest BCUT2D eigenvalue weighted by Crippen LogP contribution is 2.30. The van der Waals surface area contributed by atoms with Crippen LogP contribution in [0.25, 0.3) is 0 Å². The number of allylic oxidation sites excluding steroid dienone is 1. The Balaban J connectivity index is 1.94. The van der Waals surface area contributed by atoms with Gasteiger partial charge >= 0.3 is 6.09 Å². The van der Waals surface area contributed by atoms with Crippen LogP contribution < -0.4 is 10.6 Å². The standard InChI is InChI=1S/C18H21ClN4O4/c1-17(2,3)27-16(26)21-10-9-20-15(25)14(24)18(7-4-8-23-18)13-6-5-12(19)11-22-13/h4-8,11H,9-10H2,1-3H3,(H,20,25)(H,21,26). The highest BCUT2D eigenvalue weighted by Gasteiger charge is 2.43. The summed E-state index contributed by atoms with van der Waals surface area (Å²) < 4.78 is 5.08. The Morgan fingerprint density at radius 2 is 1.89 bits per heavy atom. The third-order valence-corrected chi connectivity index (χ3v) is 3.67. The van der Waals surface area contributed by atoms with Crippen LogP contribution in [0.15, 0.2) is 35.5 Å². The predicted octanol–water partition coefficient (Wildman–Crippen LogP) is 1.78. The average Bonchev–Trinajstić information content (AvgIpc) is 3.08. The van der Waals surface area contributed by atoms with Gasteiger partial charge in [0.25, 0.3) is 11.7 Å². The molecule has 2 rings (SSSR count). The number of halogens is 1. The topological polar surface area (TPSA) is 110 Å². The molecule has 1 aliphatic heterocycles. The van der Waals surface area contributed by atoms with E-state index in [2.05, 4.69) is 20.6 Å². The van der Waals surface area contributed by atoms with Gasteiger partial charge in [-0.3, -0.25) is 19.6 Å². The predicted molar refractivity (Wildman–Crippen MR) is 101 cm³/mol. The fourth-order valence-electron chi connectivity index (χ4n) is 2.30. The molecule has 1 unspecified atom stereocenters. The van der Waals surface area contributed by atoms with E-state index in [4.69, 9.17) is 16.3 Å². The van der Waals surface area contributed by atoms with Crippen molar-refractivity contribution in [1.82, 2.24) is 15.6 Å². The maximum atomic E-state index is 12.7. The molecule has 0 aliphatic carbocycles. The van der Waals surface area contributed by atoms with Crippen molar-refractivity contribution >= 4 is 35.6 Å². The van der Waals surface area contributed by atoms with Gasteiger partial charge in [0, 0.05) is 25.5 Å². The summed E-state index contributed by atoms with van der Waals surface area (Å²) in [5, 5.41) is 5.36. The van der Waals surface area contributed by atoms with Crippen molar-refractivity contribution in [1.29, 1.82) is 0 Å². The van der Waals surface area contributed by atoms with E-state index in [0.717, 1.165) is 0 Å². The molecular formula is C18H21ClN4O4. The second-order valence-corrected chi connectivity index (χ2v) is 7.22. The van der Waals surface area contributed by atoms with Crippen molar-refractivity contribution in [2.45, 2.75) is 31.9 Å². The van der Waals surface area contributed by atoms with Gasteiger partial charge in [0.2, 0.25) is 0 Å². The van der Waals surface area contributed by atoms with Gasteiger partial charge in [-0.25, -0.2) is 4.79 Å². The molecule has 0 fully saturated rings. The van der Waals surface area contributed by atoms with Crippen molar-refractivity contribution < 1.29 is 19.1 Å². The number of carbonyl (C=O) groups is 3. The van der Waals surface area contributed by atoms with Gasteiger partial charge in [0.1, 0.15) is 5.60 Å². The van der Waals surface area contributed by atoms with Crippen molar-refractivity contribution in [2.24, 2.45) is 4.99 Å². The lowest BCUT2D eigenvalue weighted by Gasteiger charge is -2.22. The van der Waals surface area contributed by atoms with E-state index >= 15 is 0 Å². The van der Waals surface area contributed by atoms with Crippen LogP contribution in [0.2, 0.25) is 5.02 Å². The zero-order valence-electron chi connectivity index (χ0n) is 15.3. The maximum Gasteiger partial charge on any atom is 0.407 e. The minimum absolute atomic E-state index is 0.0569. The molecule has 0 radical (unpaired) electrons. The molecule has 0 bridgehead atoms. The number of Topliss-reactive ketones (excluding diaryl/α,β-unsaturated/α-hetero) is 1. The third-order valence-electron chi connectivity index (χ3n) is 3.45. The number of pyridine rings is 1. The summed E-state index contributed by atoms with van der Waals surface area (Å²) in [6.07, 6.45) is 5.30. The van der Waals surface area contributed by atoms with Crippen molar-refractivity contribution in [2.75, 3.05) is 13.1 Å². The normalized spacial score (nSPS) is 18.2. The molecule has 144 valence electrons. The number of carbonyl (C=O) groups excluding carboxylic acids is 3. The van der Waals surface area contributed by atoms with E-state index in [-0.39, 0.29) is 13.1 Å². The average molecular weight is 393 g/mol. The zero-order valence-corrected chi connectivity index (χ0v) is 16.0. The molecule has 1 atom stereocenters. The number of ketones is 1. The van der Waals surface area contributed by atoms with Gasteiger partial charge in [-0.2, -0.15) is 0 Å². The van der Waals surface area contributed by atoms with Gasteiger partial charge in [-0.15, -0.1) is 0 Å². The molecular weight excluding hydrogens is 372 g/mol. The Kier molecular flexibility index (Phi) is 6.32. The number of ether oxygens (including phenoxy) is 1. The fourth-order valence-corrected chi connectivity index (χ4v) is 2.41. The second-order valence-electron chi connectivity index (χ2n) is 6.78. The van der Waals surface area contributed by atoms with E-state index in [1.54, 1.807) is 39.0 Å². The van der Waals surface area contributed by atoms with Gasteiger partial charge < -0.3 is 15.4 Å². The van der Waals surface area contributed by atoms with E-state index in [0.29, 0.717) is 10.7 Å². The van der Waals surface area contributed by atoms with Crippen LogP contribution in [0.4, 0.5) is 4.79 Å². The van der Waals surface area contributed by atoms with Crippen LogP contribution in [-0.4, -0.2) is 47.7 Å². The minimum atomic E-state index is -1.51. The van der Waals surface area contributed by atoms with Crippen molar-refractivity contribution in [3.63, 3.8) is 0 Å². The number of alkyl carbamates (subject to hydrolysis) is 1. The van der Waals surface area contributed by atoms with Crippen molar-refractivity contribution in [3.05, 3.63) is 41.2 Å². The van der Waals surface area contributed by atoms with Gasteiger partial charge in [0.05, 0.1) is 10.7 Å². The summed E-state index contributed by atoms with van der Waals surface area (Å²) >= 11 is 5.83. The zero-order chi connectivity index (χ0) is 20.1. The Morgan fingerprint density at radius 3 is 2.44 bits per heavy atom. The second kappa shape index (κ2) is 8.30. The first kappa shape index (κ1) is 20.6. The monoisotopic (exact) mass is 392 g/mol. The van der Waals surface area contributed by atoms with E-state index in [1.807, 2.05) is 0 Å². The molecule has 2 amide bonds. The first-order chi connectivity index (χ1) is 12.6. The Labute approximate surface area is 162 Å². The van der Waals surface area contributed by atoms with Crippen LogP contribution in [-0.2, 0) is 19.9 Å². The lowest BCUT2D eigenvalue weighted by atomic mass is 9.90. The largest absolute Gasteiger partial charge is 0.444 e. The minimum Gasteiger partial charge on any atom is -0.444 e. The van der Waals surface area contributed by atoms with Crippen LogP contribution >= 0.6 is 11.6 Å². The number of rotatable bonds is 6. The molecule has 9 heteroatoms. The molecule has 1 aromatic rings. The molecule has 27 heavy (non-hydrogen) atoms. The van der Waals surface area contributed by atoms with Gasteiger partial charge in [0.15, 0.2) is 5.54 Å². The molecule has 8 nitrogen and oxygen atoms in total. The van der Waals surface area contributed by atoms with E-state index < -0.39 is 28.9 Å². The third kappa shape index (κ3) is 5.37. The Bertz CT molecular complexity index is 770. The van der Waals surface area contributed by atoms with Crippen LogP contribution in [0.5, 0.6) is 0 Å². The highest BCUT2D eigenvalue weighted by molar-refractivity contribution is 6.40. The molecule has 1 aliphatic rings. The Morgan fingerprint density at radius 1 is 1.19 bits per heavy atom. The summed E-state index contributed by atoms with van der Waals surface area (Å²) in [6.45, 7) is 5.40. The molecule has 2 N–H and O–H groups in total. The molecule has 0 saturated carbocycles. The number of amides is 2. The molecule has 1 aromatic heterocycles. The van der Waals surface area contributed by atoms with Crippen LogP contribution in [0.3, 0.4) is 0 Å². The lowest BCUT2D eigenvalue weighted by molar-refractivity contribution is -0.140. The number of aliphatic imine (C=N–C) groups is 1. The number of nitrogens with zero attached hydrogens (tertiary/aromatic N) is 2. The summed E-state index contributed by atoms with van der Waals surface area (Å²) in [5.74, 6) is -1.61. The van der Waals surface area contributed by atoms with E-state index in [9.17, 15) is 14.4 Å². The van der Waals surface area contributed by atoms with Crippen LogP contribution in [0.1, 0.15) is 26.5 Å². The van der Waals surface area contributed by atoms with Gasteiger partial charge in [-0.05, 0) is 45.1 Å². The van der Waals surface area contributed by atoms with Crippen LogP contribution in [0, 0.1) is 0 Å². The number of aromatic nitrogens is 1. The fraction of sp³-hybridized carbons (Fsp3) is 0.389. The number of hydrogen-bond acceptors (Lipinski definition) is 6. The summed E-state index contributed by atoms with van der Waals surface area (Å²) in [4.78, 5) is 44.8. The lowest BCUT2D eigenvalue weighted by Crippen LogP contribution is -2.45. The molecule has 0 aromatic carbocycles. The summed E-state index contributed by atoms with van der Waals surface area (Å²) in [6, 6.07) is 3.12. The Hall–Kier alpha value is -2.74. The number of hydrogen-bond donors (Lipinski definition) is 2. The molecule has 2 heterocycles. The summed E-state index contributed by atoms with van der Waals surface area (Å²) in [7, 11) is 0. The SMILES string of the molecule is CC(C)(C)OC(=O)NCCNC(=O)C(=O)C1(c2ccc(Cl)cn2)C=CC=N1. The smallest absolute Gasteiger partial charge is 0.407 e. The molecule has 0 spiro atoms. The van der Waals surface area contributed by atoms with Gasteiger partial charge in [-0.1, -0.05) is 11.6 Å². The molecule has 0 saturated heterocycles. The first-order valence-corrected chi connectivity index (χ1v) is 8.66. The first-order valence-electron chi connectivity index (χ1n) is 8.29. The quantitative estimate of drug-likeness (QED) is 0.566. The number of nitrogens with one attached hydrogen (secondary N) is 2. The maximum absolute atomic E-state index is 12.7.